The third-order valence-corrected chi connectivity index (χ3v) is 5.96. The molecule has 9 heteroatoms. The molecule has 31 heavy (non-hydrogen) atoms. The van der Waals surface area contributed by atoms with Gasteiger partial charge in [-0.15, -0.1) is 0 Å². The molecule has 9 nitrogen and oxygen atoms in total. The summed E-state index contributed by atoms with van der Waals surface area (Å²) in [7, 11) is 5.03. The minimum atomic E-state index is -0.501. The maximum atomic E-state index is 12.9. The summed E-state index contributed by atoms with van der Waals surface area (Å²) in [5, 5.41) is 2.90. The van der Waals surface area contributed by atoms with E-state index in [9.17, 15) is 9.59 Å². The molecule has 0 radical (unpaired) electrons. The minimum absolute atomic E-state index is 0.0259. The van der Waals surface area contributed by atoms with Crippen LogP contribution in [-0.4, -0.2) is 106 Å². The van der Waals surface area contributed by atoms with E-state index in [1.807, 2.05) is 18.2 Å². The molecule has 0 spiro atoms. The fraction of sp³-hybridized carbons (Fsp3) is 0.636. The van der Waals surface area contributed by atoms with Crippen molar-refractivity contribution in [2.75, 3.05) is 73.7 Å². The Hall–Kier alpha value is -2.36. The Kier molecular flexibility index (Phi) is 8.51. The van der Waals surface area contributed by atoms with Gasteiger partial charge in [0.05, 0.1) is 39.9 Å². The Balaban J connectivity index is 1.61. The van der Waals surface area contributed by atoms with Crippen LogP contribution in [-0.2, 0) is 20.9 Å². The van der Waals surface area contributed by atoms with Crippen molar-refractivity contribution in [1.82, 2.24) is 20.0 Å². The number of hydrogen-bond acceptors (Lipinski definition) is 7. The van der Waals surface area contributed by atoms with Crippen molar-refractivity contribution >= 4 is 11.8 Å². The van der Waals surface area contributed by atoms with Crippen molar-refractivity contribution in [3.8, 4) is 11.5 Å². The molecule has 2 heterocycles. The number of piperazine rings is 1. The topological polar surface area (TPSA) is 83.6 Å². The van der Waals surface area contributed by atoms with Crippen LogP contribution < -0.4 is 14.8 Å². The number of benzene rings is 1. The Morgan fingerprint density at radius 1 is 1.23 bits per heavy atom. The summed E-state index contributed by atoms with van der Waals surface area (Å²) in [4.78, 5) is 31.6. The van der Waals surface area contributed by atoms with Crippen LogP contribution in [0, 0.1) is 0 Å². The van der Waals surface area contributed by atoms with Crippen LogP contribution in [0.3, 0.4) is 0 Å². The van der Waals surface area contributed by atoms with Crippen LogP contribution in [0.15, 0.2) is 18.2 Å². The van der Waals surface area contributed by atoms with Gasteiger partial charge >= 0.3 is 0 Å². The van der Waals surface area contributed by atoms with Crippen molar-refractivity contribution < 1.29 is 23.8 Å². The maximum absolute atomic E-state index is 12.9. The lowest BCUT2D eigenvalue weighted by Gasteiger charge is -2.36. The smallest absolute Gasteiger partial charge is 0.237 e. The molecule has 1 aromatic carbocycles. The highest BCUT2D eigenvalue weighted by Gasteiger charge is 2.33. The quantitative estimate of drug-likeness (QED) is 0.594. The fourth-order valence-electron chi connectivity index (χ4n) is 3.94. The summed E-state index contributed by atoms with van der Waals surface area (Å²) in [6, 6.07) is 5.15. The van der Waals surface area contributed by atoms with Gasteiger partial charge in [0.1, 0.15) is 11.5 Å². The zero-order chi connectivity index (χ0) is 22.2. The van der Waals surface area contributed by atoms with E-state index < -0.39 is 6.04 Å². The van der Waals surface area contributed by atoms with Gasteiger partial charge in [0.15, 0.2) is 0 Å². The molecule has 1 N–H and O–H groups in total. The molecule has 2 aliphatic rings. The molecule has 172 valence electrons. The second kappa shape index (κ2) is 11.3. The third-order valence-electron chi connectivity index (χ3n) is 5.96. The molecule has 0 saturated carbocycles. The van der Waals surface area contributed by atoms with Crippen molar-refractivity contribution in [3.63, 3.8) is 0 Å². The summed E-state index contributed by atoms with van der Waals surface area (Å²) in [6.45, 7) is 6.48. The number of amides is 2. The van der Waals surface area contributed by atoms with E-state index in [0.29, 0.717) is 37.7 Å². The molecule has 0 aromatic heterocycles. The molecular formula is C22H34N4O5. The van der Waals surface area contributed by atoms with Gasteiger partial charge < -0.3 is 24.4 Å². The highest BCUT2D eigenvalue weighted by atomic mass is 16.5. The zero-order valence-electron chi connectivity index (χ0n) is 18.8. The van der Waals surface area contributed by atoms with Crippen molar-refractivity contribution in [2.24, 2.45) is 0 Å². The number of carbonyl (C=O) groups is 2. The molecule has 0 aliphatic carbocycles. The molecule has 1 unspecified atom stereocenters. The molecule has 0 bridgehead atoms. The van der Waals surface area contributed by atoms with Gasteiger partial charge in [0.2, 0.25) is 11.8 Å². The molecule has 2 saturated heterocycles. The zero-order valence-corrected chi connectivity index (χ0v) is 18.8. The number of ether oxygens (including phenoxy) is 3. The third kappa shape index (κ3) is 6.32. The van der Waals surface area contributed by atoms with E-state index >= 15 is 0 Å². The Morgan fingerprint density at radius 3 is 2.71 bits per heavy atom. The minimum Gasteiger partial charge on any atom is -0.497 e. The van der Waals surface area contributed by atoms with Crippen LogP contribution >= 0.6 is 0 Å². The van der Waals surface area contributed by atoms with Gasteiger partial charge in [0, 0.05) is 64.5 Å². The van der Waals surface area contributed by atoms with E-state index in [4.69, 9.17) is 14.2 Å². The van der Waals surface area contributed by atoms with E-state index in [-0.39, 0.29) is 18.2 Å². The van der Waals surface area contributed by atoms with Crippen LogP contribution in [0.25, 0.3) is 0 Å². The number of morpholine rings is 1. The van der Waals surface area contributed by atoms with Crippen LogP contribution in [0.4, 0.5) is 0 Å². The van der Waals surface area contributed by atoms with Crippen molar-refractivity contribution in [2.45, 2.75) is 19.0 Å². The first-order valence-corrected chi connectivity index (χ1v) is 10.8. The summed E-state index contributed by atoms with van der Waals surface area (Å²) >= 11 is 0. The first-order valence-electron chi connectivity index (χ1n) is 10.8. The van der Waals surface area contributed by atoms with Gasteiger partial charge in [-0.3, -0.25) is 19.4 Å². The average molecular weight is 435 g/mol. The Labute approximate surface area is 184 Å². The highest BCUT2D eigenvalue weighted by molar-refractivity contribution is 5.88. The fourth-order valence-corrected chi connectivity index (χ4v) is 3.94. The lowest BCUT2D eigenvalue weighted by Crippen LogP contribution is -2.56. The van der Waals surface area contributed by atoms with Crippen LogP contribution in [0.5, 0.6) is 11.5 Å². The predicted molar refractivity (Wildman–Crippen MR) is 116 cm³/mol. The molecule has 2 aliphatic heterocycles. The van der Waals surface area contributed by atoms with Crippen LogP contribution in [0.1, 0.15) is 12.0 Å². The lowest BCUT2D eigenvalue weighted by molar-refractivity contribution is -0.138. The van der Waals surface area contributed by atoms with E-state index in [2.05, 4.69) is 15.1 Å². The molecular weight excluding hydrogens is 400 g/mol. The number of rotatable bonds is 9. The molecule has 1 atom stereocenters. The largest absolute Gasteiger partial charge is 0.497 e. The van der Waals surface area contributed by atoms with Gasteiger partial charge in [-0.2, -0.15) is 0 Å². The molecule has 1 aromatic rings. The average Bonchev–Trinajstić information content (AvgIpc) is 2.80. The second-order valence-corrected chi connectivity index (χ2v) is 7.93. The number of hydrogen-bond donors (Lipinski definition) is 1. The van der Waals surface area contributed by atoms with Crippen molar-refractivity contribution in [3.05, 3.63) is 23.8 Å². The van der Waals surface area contributed by atoms with Gasteiger partial charge in [-0.1, -0.05) is 6.07 Å². The van der Waals surface area contributed by atoms with Gasteiger partial charge in [-0.25, -0.2) is 0 Å². The van der Waals surface area contributed by atoms with E-state index in [0.717, 1.165) is 38.4 Å². The first kappa shape index (κ1) is 23.3. The van der Waals surface area contributed by atoms with Crippen LogP contribution in [0.2, 0.25) is 0 Å². The standard InChI is InChI=1S/C22H34N4O5/c1-24(8-9-25-10-12-31-13-11-25)21(27)15-19-22(28)23-6-7-26(19)16-17-4-5-18(29-2)14-20(17)30-3/h4-5,14,19H,6-13,15-16H2,1-3H3,(H,23,28). The second-order valence-electron chi connectivity index (χ2n) is 7.93. The number of carbonyl (C=O) groups excluding carboxylic acids is 2. The van der Waals surface area contributed by atoms with Crippen molar-refractivity contribution in [1.29, 1.82) is 0 Å². The molecule has 2 fully saturated rings. The summed E-state index contributed by atoms with van der Waals surface area (Å²) in [5.41, 5.74) is 0.955. The number of nitrogens with zero attached hydrogens (tertiary/aromatic N) is 3. The Bertz CT molecular complexity index is 753. The first-order chi connectivity index (χ1) is 15.0. The number of likely N-dealkylation sites (N-methyl/N-ethyl adjacent to an activating group) is 1. The van der Waals surface area contributed by atoms with E-state index in [1.165, 1.54) is 0 Å². The Morgan fingerprint density at radius 2 is 2.00 bits per heavy atom. The SMILES string of the molecule is COc1ccc(CN2CCNC(=O)C2CC(=O)N(C)CCN2CCOCC2)c(OC)c1. The maximum Gasteiger partial charge on any atom is 0.237 e. The predicted octanol–water partition coefficient (Wildman–Crippen LogP) is 0.185. The number of methoxy groups -OCH3 is 2. The molecule has 2 amide bonds. The normalized spacial score (nSPS) is 20.2. The van der Waals surface area contributed by atoms with E-state index in [1.54, 1.807) is 26.2 Å². The highest BCUT2D eigenvalue weighted by Crippen LogP contribution is 2.27. The molecule has 3 rings (SSSR count). The van der Waals surface area contributed by atoms with Gasteiger partial charge in [0.25, 0.3) is 0 Å². The summed E-state index contributed by atoms with van der Waals surface area (Å²) in [5.74, 6) is 1.29. The lowest BCUT2D eigenvalue weighted by atomic mass is 10.1. The van der Waals surface area contributed by atoms with Gasteiger partial charge in [-0.05, 0) is 6.07 Å². The summed E-state index contributed by atoms with van der Waals surface area (Å²) in [6.07, 6.45) is 0.157. The monoisotopic (exact) mass is 434 g/mol. The summed E-state index contributed by atoms with van der Waals surface area (Å²) < 4.78 is 16.1. The number of nitrogens with one attached hydrogen (secondary N) is 1.